The summed E-state index contributed by atoms with van der Waals surface area (Å²) >= 11 is 0. The summed E-state index contributed by atoms with van der Waals surface area (Å²) in [7, 11) is 4.70. The van der Waals surface area contributed by atoms with E-state index in [-0.39, 0.29) is 33.0 Å². The van der Waals surface area contributed by atoms with Crippen molar-refractivity contribution in [3.63, 3.8) is 0 Å². The van der Waals surface area contributed by atoms with E-state index in [0.717, 1.165) is 17.5 Å². The topological polar surface area (TPSA) is 26.7 Å². The zero-order valence-electron chi connectivity index (χ0n) is 31.0. The highest BCUT2D eigenvalue weighted by Crippen LogP contribution is 2.53. The van der Waals surface area contributed by atoms with Crippen molar-refractivity contribution in [2.75, 3.05) is 14.1 Å². The second-order valence-electron chi connectivity index (χ2n) is 19.2. The highest BCUT2D eigenvalue weighted by Gasteiger charge is 2.52. The summed E-state index contributed by atoms with van der Waals surface area (Å²) < 4.78 is 0. The molecule has 2 aliphatic rings. The fourth-order valence-electron chi connectivity index (χ4n) is 9.41. The highest BCUT2D eigenvalue weighted by atomic mass is 16.3. The van der Waals surface area contributed by atoms with Crippen LogP contribution in [-0.4, -0.2) is 51.2 Å². The Bertz CT molecular complexity index is 983. The lowest BCUT2D eigenvalue weighted by atomic mass is 9.57. The molecule has 1 aromatic rings. The Morgan fingerprint density at radius 1 is 0.690 bits per heavy atom. The third-order valence-corrected chi connectivity index (χ3v) is 12.1. The standard InChI is InChI=1S/C39H70N2O/c1-18-27(19-26-20-30(34(2,3)4)33(42)31(21-26)35(5,6)7)32(28-22-36(8,9)40(16)37(10,11)23-28)29-24-38(12,13)41(17)39(14,15)25-29/h20-21,27-29,32,42H,18-19,22-25H2,1-17H3. The first-order chi connectivity index (χ1) is 18.7. The molecule has 3 heteroatoms. The van der Waals surface area contributed by atoms with Gasteiger partial charge in [-0.05, 0) is 153 Å². The van der Waals surface area contributed by atoms with Crippen molar-refractivity contribution in [1.29, 1.82) is 0 Å². The van der Waals surface area contributed by atoms with Gasteiger partial charge in [-0.2, -0.15) is 0 Å². The Kier molecular flexibility index (Phi) is 9.60. The summed E-state index contributed by atoms with van der Waals surface area (Å²) in [5, 5.41) is 11.5. The number of piperidine rings is 2. The molecule has 2 fully saturated rings. The number of nitrogens with zero attached hydrogens (tertiary/aromatic N) is 2. The van der Waals surface area contributed by atoms with Gasteiger partial charge >= 0.3 is 0 Å². The van der Waals surface area contributed by atoms with Crippen LogP contribution in [0.1, 0.15) is 153 Å². The molecule has 1 atom stereocenters. The quantitative estimate of drug-likeness (QED) is 0.361. The number of hydrogen-bond acceptors (Lipinski definition) is 3. The van der Waals surface area contributed by atoms with E-state index < -0.39 is 0 Å². The number of rotatable bonds is 6. The minimum Gasteiger partial charge on any atom is -0.507 e. The molecule has 242 valence electrons. The van der Waals surface area contributed by atoms with E-state index in [9.17, 15) is 5.11 Å². The molecule has 0 saturated carbocycles. The van der Waals surface area contributed by atoms with Gasteiger partial charge in [-0.1, -0.05) is 67.0 Å². The van der Waals surface area contributed by atoms with Gasteiger partial charge < -0.3 is 5.11 Å². The zero-order valence-corrected chi connectivity index (χ0v) is 31.0. The third-order valence-electron chi connectivity index (χ3n) is 12.1. The van der Waals surface area contributed by atoms with Gasteiger partial charge in [0.05, 0.1) is 0 Å². The Morgan fingerprint density at radius 2 is 1.00 bits per heavy atom. The minimum atomic E-state index is -0.106. The second-order valence-corrected chi connectivity index (χ2v) is 19.2. The van der Waals surface area contributed by atoms with Gasteiger partial charge in [0.15, 0.2) is 0 Å². The van der Waals surface area contributed by atoms with Gasteiger partial charge in [-0.3, -0.25) is 9.80 Å². The lowest BCUT2D eigenvalue weighted by molar-refractivity contribution is -0.0948. The maximum Gasteiger partial charge on any atom is 0.123 e. The molecule has 0 amide bonds. The van der Waals surface area contributed by atoms with Crippen molar-refractivity contribution in [2.24, 2.45) is 23.7 Å². The normalized spacial score (nSPS) is 24.7. The van der Waals surface area contributed by atoms with Crippen molar-refractivity contribution in [2.45, 2.75) is 175 Å². The van der Waals surface area contributed by atoms with Gasteiger partial charge in [0, 0.05) is 22.2 Å². The van der Waals surface area contributed by atoms with Crippen LogP contribution in [0.4, 0.5) is 0 Å². The third kappa shape index (κ3) is 7.09. The number of phenolic OH excluding ortho intramolecular Hbond substituents is 1. The number of benzene rings is 1. The maximum absolute atomic E-state index is 11.5. The molecule has 0 bridgehead atoms. The van der Waals surface area contributed by atoms with E-state index in [1.54, 1.807) is 0 Å². The van der Waals surface area contributed by atoms with E-state index in [4.69, 9.17) is 0 Å². The Labute approximate surface area is 262 Å². The van der Waals surface area contributed by atoms with Gasteiger partial charge in [0.25, 0.3) is 0 Å². The molecular formula is C39H70N2O. The van der Waals surface area contributed by atoms with E-state index in [1.807, 2.05) is 0 Å². The van der Waals surface area contributed by atoms with Gasteiger partial charge in [-0.15, -0.1) is 0 Å². The van der Waals surface area contributed by atoms with Gasteiger partial charge in [-0.25, -0.2) is 0 Å². The van der Waals surface area contributed by atoms with Crippen LogP contribution in [0.3, 0.4) is 0 Å². The first-order valence-corrected chi connectivity index (χ1v) is 17.1. The predicted molar refractivity (Wildman–Crippen MR) is 184 cm³/mol. The number of aromatic hydroxyl groups is 1. The summed E-state index contributed by atoms with van der Waals surface area (Å²) in [5.41, 5.74) is 4.11. The van der Waals surface area contributed by atoms with Crippen LogP contribution in [0.15, 0.2) is 12.1 Å². The Hall–Kier alpha value is -1.06. The van der Waals surface area contributed by atoms with E-state index >= 15 is 0 Å². The molecule has 0 radical (unpaired) electrons. The average Bonchev–Trinajstić information content (AvgIpc) is 2.79. The molecule has 0 aliphatic carbocycles. The fraction of sp³-hybridized carbons (Fsp3) is 0.846. The smallest absolute Gasteiger partial charge is 0.123 e. The fourth-order valence-corrected chi connectivity index (χ4v) is 9.41. The van der Waals surface area contributed by atoms with Crippen LogP contribution in [-0.2, 0) is 17.3 Å². The molecule has 1 N–H and O–H groups in total. The summed E-state index contributed by atoms with van der Waals surface area (Å²) in [5.74, 6) is 3.16. The summed E-state index contributed by atoms with van der Waals surface area (Å²) in [6.45, 7) is 35.7. The van der Waals surface area contributed by atoms with Crippen molar-refractivity contribution >= 4 is 0 Å². The summed E-state index contributed by atoms with van der Waals surface area (Å²) in [6, 6.07) is 4.71. The number of hydrogen-bond donors (Lipinski definition) is 1. The van der Waals surface area contributed by atoms with Crippen LogP contribution in [0.2, 0.25) is 0 Å². The predicted octanol–water partition coefficient (Wildman–Crippen LogP) is 9.97. The molecule has 2 saturated heterocycles. The molecule has 2 aliphatic heterocycles. The number of likely N-dealkylation sites (tertiary alicyclic amines) is 2. The zero-order chi connectivity index (χ0) is 32.4. The van der Waals surface area contributed by atoms with E-state index in [2.05, 4.69) is 140 Å². The largest absolute Gasteiger partial charge is 0.507 e. The van der Waals surface area contributed by atoms with Gasteiger partial charge in [0.2, 0.25) is 0 Å². The second kappa shape index (κ2) is 11.4. The van der Waals surface area contributed by atoms with E-state index in [0.29, 0.717) is 29.4 Å². The number of phenols is 1. The lowest BCUT2D eigenvalue weighted by Gasteiger charge is -2.60. The molecule has 2 heterocycles. The molecule has 1 unspecified atom stereocenters. The van der Waals surface area contributed by atoms with Crippen molar-refractivity contribution in [3.05, 3.63) is 28.8 Å². The first-order valence-electron chi connectivity index (χ1n) is 17.1. The van der Waals surface area contributed by atoms with Crippen LogP contribution >= 0.6 is 0 Å². The molecule has 0 aromatic heterocycles. The molecule has 42 heavy (non-hydrogen) atoms. The molecule has 1 aromatic carbocycles. The Balaban J connectivity index is 2.17. The van der Waals surface area contributed by atoms with Gasteiger partial charge in [0.1, 0.15) is 5.75 Å². The molecular weight excluding hydrogens is 512 g/mol. The van der Waals surface area contributed by atoms with Crippen molar-refractivity contribution < 1.29 is 5.11 Å². The highest BCUT2D eigenvalue weighted by molar-refractivity contribution is 5.50. The summed E-state index contributed by atoms with van der Waals surface area (Å²) in [4.78, 5) is 5.31. The Morgan fingerprint density at radius 3 is 1.26 bits per heavy atom. The van der Waals surface area contributed by atoms with E-state index in [1.165, 1.54) is 37.7 Å². The maximum atomic E-state index is 11.5. The summed E-state index contributed by atoms with van der Waals surface area (Å²) in [6.07, 6.45) is 7.33. The average molecular weight is 583 g/mol. The minimum absolute atomic E-state index is 0.106. The van der Waals surface area contributed by atoms with Crippen molar-refractivity contribution in [3.8, 4) is 5.75 Å². The SMILES string of the molecule is CCC(Cc1cc(C(C)(C)C)c(O)c(C(C)(C)C)c1)C(C1CC(C)(C)N(C)C(C)(C)C1)C1CC(C)(C)N(C)C(C)(C)C1. The molecule has 3 rings (SSSR count). The first kappa shape index (κ1) is 35.4. The monoisotopic (exact) mass is 583 g/mol. The van der Waals surface area contributed by atoms with Crippen LogP contribution in [0.5, 0.6) is 5.75 Å². The van der Waals surface area contributed by atoms with Crippen molar-refractivity contribution in [1.82, 2.24) is 9.80 Å². The van der Waals surface area contributed by atoms with Crippen LogP contribution in [0.25, 0.3) is 0 Å². The van der Waals surface area contributed by atoms with Crippen LogP contribution in [0, 0.1) is 23.7 Å². The molecule has 3 nitrogen and oxygen atoms in total. The molecule has 0 spiro atoms. The van der Waals surface area contributed by atoms with Crippen LogP contribution < -0.4 is 0 Å². The lowest BCUT2D eigenvalue weighted by Crippen LogP contribution is -2.62.